The Morgan fingerprint density at radius 2 is 1.88 bits per heavy atom. The number of aromatic nitrogens is 2. The third-order valence-corrected chi connectivity index (χ3v) is 6.99. The lowest BCUT2D eigenvalue weighted by molar-refractivity contribution is 0.0944. The summed E-state index contributed by atoms with van der Waals surface area (Å²) in [5, 5.41) is 3.46. The van der Waals surface area contributed by atoms with Crippen molar-refractivity contribution >= 4 is 40.5 Å². The topological polar surface area (TPSA) is 70.5 Å². The fraction of sp³-hybridized carbons (Fsp3) is 0.308. The van der Waals surface area contributed by atoms with Gasteiger partial charge >= 0.3 is 0 Å². The van der Waals surface area contributed by atoms with Crippen molar-refractivity contribution in [2.45, 2.75) is 31.7 Å². The van der Waals surface area contributed by atoms with Crippen LogP contribution < -0.4 is 5.32 Å². The molecule has 1 N–H and O–H groups in total. The van der Waals surface area contributed by atoms with Crippen LogP contribution in [0.3, 0.4) is 0 Å². The summed E-state index contributed by atoms with van der Waals surface area (Å²) in [6.07, 6.45) is 8.76. The zero-order valence-electron chi connectivity index (χ0n) is 18.7. The van der Waals surface area contributed by atoms with E-state index in [1.807, 2.05) is 18.3 Å². The fourth-order valence-corrected chi connectivity index (χ4v) is 5.38. The highest BCUT2D eigenvalue weighted by molar-refractivity contribution is 6.39. The van der Waals surface area contributed by atoms with Crippen LogP contribution in [-0.4, -0.2) is 46.1 Å². The monoisotopic (exact) mass is 493 g/mol. The van der Waals surface area contributed by atoms with Gasteiger partial charge in [-0.15, -0.1) is 0 Å². The molecule has 0 saturated heterocycles. The third-order valence-electron chi connectivity index (χ3n) is 6.42. The number of aryl methyl sites for hydroxylation is 1. The molecule has 8 heteroatoms. The molecule has 3 heterocycles. The number of nitrogens with one attached hydrogen (secondary N) is 1. The molecule has 6 nitrogen and oxygen atoms in total. The van der Waals surface area contributed by atoms with Gasteiger partial charge in [0.2, 0.25) is 0 Å². The molecule has 0 spiro atoms. The van der Waals surface area contributed by atoms with Crippen LogP contribution in [-0.2, 0) is 12.8 Å². The summed E-state index contributed by atoms with van der Waals surface area (Å²) in [6.45, 7) is 1.83. The van der Waals surface area contributed by atoms with Gasteiger partial charge in [0.25, 0.3) is 5.91 Å². The van der Waals surface area contributed by atoms with Crippen LogP contribution in [0.1, 0.15) is 46.1 Å². The van der Waals surface area contributed by atoms with E-state index in [4.69, 9.17) is 33.2 Å². The SMILES string of the molecule is O=C(NCCN(CC1=Nc2ccccc2C1)C1CCCc2cccnc21)c1c(Cl)cncc1Cl. The molecule has 2 aromatic heterocycles. The van der Waals surface area contributed by atoms with Gasteiger partial charge in [0.1, 0.15) is 0 Å². The maximum absolute atomic E-state index is 12.8. The fourth-order valence-electron chi connectivity index (χ4n) is 4.84. The summed E-state index contributed by atoms with van der Waals surface area (Å²) < 4.78 is 0. The molecular weight excluding hydrogens is 469 g/mol. The molecule has 0 saturated carbocycles. The van der Waals surface area contributed by atoms with Crippen molar-refractivity contribution in [1.82, 2.24) is 20.2 Å². The number of carbonyl (C=O) groups is 1. The van der Waals surface area contributed by atoms with E-state index in [9.17, 15) is 4.79 Å². The quantitative estimate of drug-likeness (QED) is 0.489. The van der Waals surface area contributed by atoms with E-state index in [-0.39, 0.29) is 27.6 Å². The summed E-state index contributed by atoms with van der Waals surface area (Å²) in [5.74, 6) is -0.301. The Balaban J connectivity index is 1.33. The molecule has 34 heavy (non-hydrogen) atoms. The van der Waals surface area contributed by atoms with E-state index in [0.717, 1.165) is 49.3 Å². The molecule has 1 aromatic carbocycles. The number of hydrogen-bond acceptors (Lipinski definition) is 5. The number of pyridine rings is 2. The average molecular weight is 494 g/mol. The number of amides is 1. The molecule has 0 bridgehead atoms. The smallest absolute Gasteiger partial charge is 0.254 e. The highest BCUT2D eigenvalue weighted by Gasteiger charge is 2.29. The van der Waals surface area contributed by atoms with Crippen molar-refractivity contribution in [1.29, 1.82) is 0 Å². The number of nitrogens with zero attached hydrogens (tertiary/aromatic N) is 4. The summed E-state index contributed by atoms with van der Waals surface area (Å²) in [4.78, 5) is 28.7. The third kappa shape index (κ3) is 4.85. The number of carbonyl (C=O) groups excluding carboxylic acids is 1. The summed E-state index contributed by atoms with van der Waals surface area (Å²) in [6, 6.07) is 12.6. The van der Waals surface area contributed by atoms with Gasteiger partial charge in [-0.1, -0.05) is 47.5 Å². The number of benzene rings is 1. The van der Waals surface area contributed by atoms with E-state index < -0.39 is 0 Å². The van der Waals surface area contributed by atoms with E-state index in [2.05, 4.69) is 39.5 Å². The number of fused-ring (bicyclic) bond motifs is 2. The Morgan fingerprint density at radius 1 is 1.09 bits per heavy atom. The minimum absolute atomic E-state index is 0.182. The number of aliphatic imine (C=N–C) groups is 1. The van der Waals surface area contributed by atoms with Gasteiger partial charge in [-0.2, -0.15) is 0 Å². The van der Waals surface area contributed by atoms with Gasteiger partial charge in [-0.3, -0.25) is 24.7 Å². The van der Waals surface area contributed by atoms with E-state index in [0.29, 0.717) is 13.1 Å². The predicted octanol–water partition coefficient (Wildman–Crippen LogP) is 5.22. The molecule has 5 rings (SSSR count). The molecule has 0 radical (unpaired) electrons. The second-order valence-corrected chi connectivity index (χ2v) is 9.46. The lowest BCUT2D eigenvalue weighted by Gasteiger charge is -2.35. The van der Waals surface area contributed by atoms with Gasteiger partial charge in [0.05, 0.1) is 33.0 Å². The van der Waals surface area contributed by atoms with Crippen LogP contribution in [0.15, 0.2) is 60.0 Å². The van der Waals surface area contributed by atoms with Crippen molar-refractivity contribution in [3.05, 3.63) is 87.4 Å². The molecule has 0 fully saturated rings. The molecule has 1 aliphatic heterocycles. The molecular formula is C26H25Cl2N5O. The summed E-state index contributed by atoms with van der Waals surface area (Å²) in [5.41, 5.74) is 6.14. The van der Waals surface area contributed by atoms with Crippen molar-refractivity contribution in [2.75, 3.05) is 19.6 Å². The van der Waals surface area contributed by atoms with Crippen molar-refractivity contribution < 1.29 is 4.79 Å². The largest absolute Gasteiger partial charge is 0.351 e. The first kappa shape index (κ1) is 23.0. The Morgan fingerprint density at radius 3 is 2.71 bits per heavy atom. The maximum Gasteiger partial charge on any atom is 0.254 e. The Hall–Kier alpha value is -2.80. The average Bonchev–Trinajstić information content (AvgIpc) is 3.25. The molecule has 1 aliphatic carbocycles. The number of rotatable bonds is 7. The minimum Gasteiger partial charge on any atom is -0.351 e. The first-order chi connectivity index (χ1) is 16.6. The van der Waals surface area contributed by atoms with Crippen LogP contribution in [0.25, 0.3) is 0 Å². The Kier molecular flexibility index (Phi) is 6.90. The standard InChI is InChI=1S/C26H25Cl2N5O/c27-20-14-29-15-21(28)24(20)26(34)31-11-12-33(16-19-13-18-5-1-2-8-22(18)32-19)23-9-3-6-17-7-4-10-30-25(17)23/h1-2,4-5,7-8,10,14-15,23H,3,6,9,11-13,16H2,(H,31,34). The van der Waals surface area contributed by atoms with Crippen LogP contribution in [0.5, 0.6) is 0 Å². The second kappa shape index (κ2) is 10.2. The number of para-hydroxylation sites is 1. The second-order valence-electron chi connectivity index (χ2n) is 8.64. The predicted molar refractivity (Wildman–Crippen MR) is 135 cm³/mol. The highest BCUT2D eigenvalue weighted by atomic mass is 35.5. The summed E-state index contributed by atoms with van der Waals surface area (Å²) >= 11 is 12.3. The van der Waals surface area contributed by atoms with Gasteiger partial charge in [0, 0.05) is 50.4 Å². The van der Waals surface area contributed by atoms with Crippen molar-refractivity contribution in [3.63, 3.8) is 0 Å². The minimum atomic E-state index is -0.301. The highest BCUT2D eigenvalue weighted by Crippen LogP contribution is 2.34. The van der Waals surface area contributed by atoms with Crippen LogP contribution in [0, 0.1) is 0 Å². The first-order valence-electron chi connectivity index (χ1n) is 11.5. The van der Waals surface area contributed by atoms with Crippen LogP contribution in [0.2, 0.25) is 10.0 Å². The van der Waals surface area contributed by atoms with Gasteiger partial charge < -0.3 is 5.32 Å². The molecule has 3 aromatic rings. The number of hydrogen-bond donors (Lipinski definition) is 1. The normalized spacial score (nSPS) is 16.7. The zero-order chi connectivity index (χ0) is 23.5. The van der Waals surface area contributed by atoms with E-state index >= 15 is 0 Å². The van der Waals surface area contributed by atoms with Crippen molar-refractivity contribution in [2.24, 2.45) is 4.99 Å². The van der Waals surface area contributed by atoms with Crippen LogP contribution in [0.4, 0.5) is 5.69 Å². The Labute approximate surface area is 209 Å². The maximum atomic E-state index is 12.8. The van der Waals surface area contributed by atoms with Gasteiger partial charge in [-0.25, -0.2) is 0 Å². The van der Waals surface area contributed by atoms with E-state index in [1.165, 1.54) is 23.5 Å². The molecule has 1 unspecified atom stereocenters. The molecule has 1 atom stereocenters. The lowest BCUT2D eigenvalue weighted by Crippen LogP contribution is -2.41. The molecule has 2 aliphatic rings. The first-order valence-corrected chi connectivity index (χ1v) is 12.2. The Bertz CT molecular complexity index is 1230. The van der Waals surface area contributed by atoms with E-state index in [1.54, 1.807) is 0 Å². The van der Waals surface area contributed by atoms with Crippen LogP contribution >= 0.6 is 23.2 Å². The van der Waals surface area contributed by atoms with Gasteiger partial charge in [-0.05, 0) is 42.5 Å². The zero-order valence-corrected chi connectivity index (χ0v) is 20.2. The molecule has 1 amide bonds. The number of halogens is 2. The van der Waals surface area contributed by atoms with Gasteiger partial charge in [0.15, 0.2) is 0 Å². The lowest BCUT2D eigenvalue weighted by atomic mass is 9.90. The van der Waals surface area contributed by atoms with Crippen molar-refractivity contribution in [3.8, 4) is 0 Å². The molecule has 174 valence electrons. The summed E-state index contributed by atoms with van der Waals surface area (Å²) in [7, 11) is 0.